The first-order chi connectivity index (χ1) is 9.28. The molecule has 2 aromatic rings. The molecule has 2 rings (SSSR count). The minimum Gasteiger partial charge on any atom is -0.481 e. The van der Waals surface area contributed by atoms with E-state index in [1.807, 2.05) is 30.3 Å². The molecule has 2 aromatic carbocycles. The molecule has 0 saturated carbocycles. The quantitative estimate of drug-likeness (QED) is 0.856. The Bertz CT molecular complexity index is 597. The van der Waals surface area contributed by atoms with Gasteiger partial charge in [0.2, 0.25) is 0 Å². The zero-order chi connectivity index (χ0) is 13.5. The number of hydrogen-bond acceptors (Lipinski definition) is 2. The minimum atomic E-state index is -0.433. The lowest BCUT2D eigenvalue weighted by Crippen LogP contribution is -1.96. The number of aliphatic hydroxyl groups excluding tert-OH is 1. The molecule has 1 N–H and O–H groups in total. The topological polar surface area (TPSA) is 29.5 Å². The lowest BCUT2D eigenvalue weighted by Gasteiger charge is -2.04. The molecular weight excluding hydrogens is 243 g/mol. The summed E-state index contributed by atoms with van der Waals surface area (Å²) in [6, 6.07) is 13.7. The van der Waals surface area contributed by atoms with Gasteiger partial charge in [0.05, 0.1) is 6.61 Å². The standard InChI is InChI=1S/C16H13FO2/c17-15-9-14(12-18)10-16(11-15)19-8-4-7-13-5-2-1-3-6-13/h1-3,5-6,9-11,18H,8,12H2. The molecule has 0 aliphatic carbocycles. The van der Waals surface area contributed by atoms with Crippen molar-refractivity contribution in [2.45, 2.75) is 6.61 Å². The summed E-state index contributed by atoms with van der Waals surface area (Å²) >= 11 is 0. The molecule has 0 aromatic heterocycles. The number of benzene rings is 2. The summed E-state index contributed by atoms with van der Waals surface area (Å²) in [6.07, 6.45) is 0. The van der Waals surface area contributed by atoms with Crippen molar-refractivity contribution in [1.82, 2.24) is 0 Å². The number of rotatable bonds is 3. The SMILES string of the molecule is OCc1cc(F)cc(OCC#Cc2ccccc2)c1. The monoisotopic (exact) mass is 256 g/mol. The van der Waals surface area contributed by atoms with Crippen LogP contribution in [0.3, 0.4) is 0 Å². The second kappa shape index (κ2) is 6.58. The molecular formula is C16H13FO2. The number of aliphatic hydroxyl groups is 1. The van der Waals surface area contributed by atoms with Crippen molar-refractivity contribution in [2.75, 3.05) is 6.61 Å². The first-order valence-corrected chi connectivity index (χ1v) is 5.85. The van der Waals surface area contributed by atoms with Crippen LogP contribution in [0.15, 0.2) is 48.5 Å². The van der Waals surface area contributed by atoms with E-state index in [0.29, 0.717) is 11.3 Å². The smallest absolute Gasteiger partial charge is 0.149 e. The van der Waals surface area contributed by atoms with Gasteiger partial charge in [-0.05, 0) is 29.8 Å². The summed E-state index contributed by atoms with van der Waals surface area (Å²) in [4.78, 5) is 0. The van der Waals surface area contributed by atoms with Crippen molar-refractivity contribution in [3.05, 3.63) is 65.5 Å². The van der Waals surface area contributed by atoms with Crippen molar-refractivity contribution in [2.24, 2.45) is 0 Å². The average molecular weight is 256 g/mol. The van der Waals surface area contributed by atoms with Gasteiger partial charge in [0.1, 0.15) is 18.2 Å². The normalized spacial score (nSPS) is 9.58. The van der Waals surface area contributed by atoms with Gasteiger partial charge in [-0.3, -0.25) is 0 Å². The van der Waals surface area contributed by atoms with Gasteiger partial charge in [0.25, 0.3) is 0 Å². The van der Waals surface area contributed by atoms with E-state index in [1.54, 1.807) is 6.07 Å². The summed E-state index contributed by atoms with van der Waals surface area (Å²) in [5.74, 6) is 5.72. The molecule has 0 unspecified atom stereocenters. The van der Waals surface area contributed by atoms with Crippen LogP contribution in [0.1, 0.15) is 11.1 Å². The van der Waals surface area contributed by atoms with Gasteiger partial charge in [-0.25, -0.2) is 4.39 Å². The third-order valence-electron chi connectivity index (χ3n) is 2.43. The summed E-state index contributed by atoms with van der Waals surface area (Å²) < 4.78 is 18.5. The van der Waals surface area contributed by atoms with Crippen molar-refractivity contribution in [1.29, 1.82) is 0 Å². The Morgan fingerprint density at radius 3 is 2.63 bits per heavy atom. The fourth-order valence-electron chi connectivity index (χ4n) is 1.57. The fourth-order valence-corrected chi connectivity index (χ4v) is 1.57. The van der Waals surface area contributed by atoms with E-state index in [2.05, 4.69) is 11.8 Å². The maximum atomic E-state index is 13.2. The minimum absolute atomic E-state index is 0.170. The summed E-state index contributed by atoms with van der Waals surface area (Å²) in [6.45, 7) is -0.0486. The van der Waals surface area contributed by atoms with Gasteiger partial charge < -0.3 is 9.84 Å². The van der Waals surface area contributed by atoms with Crippen LogP contribution >= 0.6 is 0 Å². The van der Waals surface area contributed by atoms with Crippen molar-refractivity contribution in [3.8, 4) is 17.6 Å². The summed E-state index contributed by atoms with van der Waals surface area (Å²) in [5, 5.41) is 8.96. The van der Waals surface area contributed by atoms with Crippen LogP contribution in [-0.4, -0.2) is 11.7 Å². The van der Waals surface area contributed by atoms with Gasteiger partial charge >= 0.3 is 0 Å². The number of halogens is 1. The largest absolute Gasteiger partial charge is 0.481 e. The van der Waals surface area contributed by atoms with Gasteiger partial charge in [-0.2, -0.15) is 0 Å². The predicted molar refractivity (Wildman–Crippen MR) is 71.1 cm³/mol. The third-order valence-corrected chi connectivity index (χ3v) is 2.43. The van der Waals surface area contributed by atoms with Crippen LogP contribution in [0, 0.1) is 17.7 Å². The van der Waals surface area contributed by atoms with E-state index < -0.39 is 5.82 Å². The molecule has 0 aliphatic rings. The second-order valence-electron chi connectivity index (χ2n) is 3.91. The van der Waals surface area contributed by atoms with Gasteiger partial charge in [-0.15, -0.1) is 0 Å². The molecule has 19 heavy (non-hydrogen) atoms. The van der Waals surface area contributed by atoms with Crippen LogP contribution in [0.5, 0.6) is 5.75 Å². The molecule has 2 nitrogen and oxygen atoms in total. The molecule has 3 heteroatoms. The van der Waals surface area contributed by atoms with E-state index in [0.717, 1.165) is 5.56 Å². The van der Waals surface area contributed by atoms with Crippen LogP contribution in [-0.2, 0) is 6.61 Å². The zero-order valence-electron chi connectivity index (χ0n) is 10.3. The van der Waals surface area contributed by atoms with E-state index in [9.17, 15) is 4.39 Å². The lowest BCUT2D eigenvalue weighted by molar-refractivity contribution is 0.279. The third kappa shape index (κ3) is 4.13. The number of ether oxygens (including phenoxy) is 1. The first kappa shape index (κ1) is 13.1. The molecule has 0 aliphatic heterocycles. The molecule has 0 spiro atoms. The Balaban J connectivity index is 1.96. The molecule has 0 heterocycles. The summed E-state index contributed by atoms with van der Waals surface area (Å²) in [5.41, 5.74) is 1.38. The van der Waals surface area contributed by atoms with E-state index in [-0.39, 0.29) is 13.2 Å². The fraction of sp³-hybridized carbons (Fsp3) is 0.125. The van der Waals surface area contributed by atoms with E-state index >= 15 is 0 Å². The van der Waals surface area contributed by atoms with Crippen LogP contribution in [0.4, 0.5) is 4.39 Å². The number of hydrogen-bond donors (Lipinski definition) is 1. The molecule has 0 saturated heterocycles. The van der Waals surface area contributed by atoms with Crippen molar-refractivity contribution < 1.29 is 14.2 Å². The highest BCUT2D eigenvalue weighted by molar-refractivity contribution is 5.34. The van der Waals surface area contributed by atoms with E-state index in [1.165, 1.54) is 12.1 Å². The predicted octanol–water partition coefficient (Wildman–Crippen LogP) is 2.75. The van der Waals surface area contributed by atoms with Gasteiger partial charge in [0, 0.05) is 11.6 Å². The molecule has 0 atom stereocenters. The Morgan fingerprint density at radius 1 is 1.11 bits per heavy atom. The lowest BCUT2D eigenvalue weighted by atomic mass is 10.2. The van der Waals surface area contributed by atoms with Gasteiger partial charge in [-0.1, -0.05) is 30.0 Å². The van der Waals surface area contributed by atoms with Crippen molar-refractivity contribution >= 4 is 0 Å². The average Bonchev–Trinajstić information content (AvgIpc) is 2.44. The van der Waals surface area contributed by atoms with Crippen LogP contribution in [0.25, 0.3) is 0 Å². The second-order valence-corrected chi connectivity index (χ2v) is 3.91. The highest BCUT2D eigenvalue weighted by Gasteiger charge is 2.00. The van der Waals surface area contributed by atoms with Crippen LogP contribution in [0.2, 0.25) is 0 Å². The van der Waals surface area contributed by atoms with Gasteiger partial charge in [0.15, 0.2) is 0 Å². The highest BCUT2D eigenvalue weighted by atomic mass is 19.1. The maximum absolute atomic E-state index is 13.2. The van der Waals surface area contributed by atoms with E-state index in [4.69, 9.17) is 9.84 Å². The Morgan fingerprint density at radius 2 is 1.89 bits per heavy atom. The Kier molecular flexibility index (Phi) is 4.54. The highest BCUT2D eigenvalue weighted by Crippen LogP contribution is 2.16. The molecule has 0 amide bonds. The summed E-state index contributed by atoms with van der Waals surface area (Å²) in [7, 11) is 0. The Labute approximate surface area is 111 Å². The molecule has 0 radical (unpaired) electrons. The van der Waals surface area contributed by atoms with Crippen LogP contribution < -0.4 is 4.74 Å². The molecule has 96 valence electrons. The maximum Gasteiger partial charge on any atom is 0.149 e. The molecule has 0 fully saturated rings. The first-order valence-electron chi connectivity index (χ1n) is 5.85. The van der Waals surface area contributed by atoms with Crippen molar-refractivity contribution in [3.63, 3.8) is 0 Å². The zero-order valence-corrected chi connectivity index (χ0v) is 10.3. The Hall–Kier alpha value is -2.31. The molecule has 0 bridgehead atoms.